The summed E-state index contributed by atoms with van der Waals surface area (Å²) in [6.07, 6.45) is 0. The Morgan fingerprint density at radius 2 is 2.05 bits per heavy atom. The number of nitrogens with zero attached hydrogens (tertiary/aromatic N) is 1. The van der Waals surface area contributed by atoms with E-state index in [0.717, 1.165) is 21.8 Å². The molecule has 2 nitrogen and oxygen atoms in total. The molecule has 1 aromatic carbocycles. The Balaban J connectivity index is 2.06. The smallest absolute Gasteiger partial charge is 0.123 e. The second kappa shape index (κ2) is 5.80. The van der Waals surface area contributed by atoms with Gasteiger partial charge in [0.15, 0.2) is 0 Å². The molecule has 19 heavy (non-hydrogen) atoms. The molecule has 1 atom stereocenters. The Kier molecular flexibility index (Phi) is 4.32. The van der Waals surface area contributed by atoms with E-state index in [1.165, 1.54) is 10.9 Å². The molecule has 0 radical (unpaired) electrons. The van der Waals surface area contributed by atoms with Crippen molar-refractivity contribution in [1.29, 1.82) is 0 Å². The van der Waals surface area contributed by atoms with Crippen molar-refractivity contribution in [1.82, 2.24) is 10.3 Å². The van der Waals surface area contributed by atoms with Crippen molar-refractivity contribution in [3.8, 4) is 0 Å². The van der Waals surface area contributed by atoms with Gasteiger partial charge in [-0.25, -0.2) is 9.37 Å². The molecular weight excluding hydrogens is 259 g/mol. The lowest BCUT2D eigenvalue weighted by atomic mass is 10.1. The molecule has 0 aliphatic heterocycles. The molecule has 1 aromatic heterocycles. The minimum absolute atomic E-state index is 0.181. The van der Waals surface area contributed by atoms with E-state index in [9.17, 15) is 4.39 Å². The van der Waals surface area contributed by atoms with Gasteiger partial charge in [0.2, 0.25) is 0 Å². The summed E-state index contributed by atoms with van der Waals surface area (Å²) in [5, 5.41) is 4.53. The summed E-state index contributed by atoms with van der Waals surface area (Å²) < 4.78 is 13.2. The van der Waals surface area contributed by atoms with Crippen LogP contribution in [0.15, 0.2) is 18.2 Å². The fourth-order valence-electron chi connectivity index (χ4n) is 2.14. The van der Waals surface area contributed by atoms with E-state index in [1.54, 1.807) is 17.4 Å². The van der Waals surface area contributed by atoms with Crippen molar-refractivity contribution in [2.24, 2.45) is 0 Å². The third-order valence-corrected chi connectivity index (χ3v) is 4.50. The lowest BCUT2D eigenvalue weighted by Crippen LogP contribution is -2.18. The standard InChI is InChI=1S/C15H19FN2S/c1-9-5-6-14(16)7-13(9)8-17-10(2)15-11(3)18-12(4)19-15/h5-7,10,17H,8H2,1-4H3. The molecule has 102 valence electrons. The highest BCUT2D eigenvalue weighted by Gasteiger charge is 2.12. The minimum Gasteiger partial charge on any atom is -0.305 e. The van der Waals surface area contributed by atoms with Gasteiger partial charge in [-0.15, -0.1) is 11.3 Å². The van der Waals surface area contributed by atoms with Gasteiger partial charge in [-0.3, -0.25) is 0 Å². The van der Waals surface area contributed by atoms with Crippen LogP contribution < -0.4 is 5.32 Å². The monoisotopic (exact) mass is 278 g/mol. The zero-order chi connectivity index (χ0) is 14.0. The molecule has 0 saturated heterocycles. The Morgan fingerprint density at radius 1 is 1.32 bits per heavy atom. The number of rotatable bonds is 4. The van der Waals surface area contributed by atoms with Crippen molar-refractivity contribution in [3.05, 3.63) is 50.7 Å². The van der Waals surface area contributed by atoms with Gasteiger partial charge >= 0.3 is 0 Å². The lowest BCUT2D eigenvalue weighted by molar-refractivity contribution is 0.572. The van der Waals surface area contributed by atoms with Crippen LogP contribution in [0.3, 0.4) is 0 Å². The van der Waals surface area contributed by atoms with Crippen molar-refractivity contribution in [2.75, 3.05) is 0 Å². The van der Waals surface area contributed by atoms with Crippen LogP contribution in [0.2, 0.25) is 0 Å². The van der Waals surface area contributed by atoms with Crippen LogP contribution in [-0.4, -0.2) is 4.98 Å². The lowest BCUT2D eigenvalue weighted by Gasteiger charge is -2.14. The summed E-state index contributed by atoms with van der Waals surface area (Å²) >= 11 is 1.72. The fourth-order valence-corrected chi connectivity index (χ4v) is 3.09. The first kappa shape index (κ1) is 14.2. The summed E-state index contributed by atoms with van der Waals surface area (Å²) in [6.45, 7) is 8.84. The normalized spacial score (nSPS) is 12.7. The van der Waals surface area contributed by atoms with E-state index in [1.807, 2.05) is 26.8 Å². The average molecular weight is 278 g/mol. The van der Waals surface area contributed by atoms with Crippen LogP contribution in [0, 0.1) is 26.6 Å². The molecular formula is C15H19FN2S. The summed E-state index contributed by atoms with van der Waals surface area (Å²) in [5.41, 5.74) is 3.20. The SMILES string of the molecule is Cc1nc(C)c(C(C)NCc2cc(F)ccc2C)s1. The number of nitrogens with one attached hydrogen (secondary N) is 1. The maximum atomic E-state index is 13.2. The Bertz CT molecular complexity index is 578. The predicted octanol–water partition coefficient (Wildman–Crippen LogP) is 4.06. The maximum Gasteiger partial charge on any atom is 0.123 e. The Morgan fingerprint density at radius 3 is 2.68 bits per heavy atom. The molecule has 1 N–H and O–H groups in total. The van der Waals surface area contributed by atoms with Gasteiger partial charge in [0, 0.05) is 17.5 Å². The van der Waals surface area contributed by atoms with E-state index >= 15 is 0 Å². The number of benzene rings is 1. The molecule has 0 fully saturated rings. The molecule has 1 heterocycles. The van der Waals surface area contributed by atoms with Crippen LogP contribution in [0.1, 0.15) is 39.7 Å². The number of aryl methyl sites for hydroxylation is 3. The quantitative estimate of drug-likeness (QED) is 0.912. The third kappa shape index (κ3) is 3.39. The maximum absolute atomic E-state index is 13.2. The number of aromatic nitrogens is 1. The van der Waals surface area contributed by atoms with E-state index < -0.39 is 0 Å². The first-order chi connectivity index (χ1) is 8.97. The van der Waals surface area contributed by atoms with Crippen LogP contribution in [0.25, 0.3) is 0 Å². The van der Waals surface area contributed by atoms with E-state index in [4.69, 9.17) is 0 Å². The molecule has 0 spiro atoms. The molecule has 0 aliphatic carbocycles. The number of thiazole rings is 1. The first-order valence-corrected chi connectivity index (χ1v) is 7.21. The molecule has 0 aliphatic rings. The highest BCUT2D eigenvalue weighted by molar-refractivity contribution is 7.11. The predicted molar refractivity (Wildman–Crippen MR) is 78.0 cm³/mol. The van der Waals surface area contributed by atoms with Crippen LogP contribution in [-0.2, 0) is 6.54 Å². The van der Waals surface area contributed by atoms with Gasteiger partial charge in [-0.05, 0) is 51.0 Å². The number of hydrogen-bond donors (Lipinski definition) is 1. The molecule has 0 bridgehead atoms. The number of halogens is 1. The van der Waals surface area contributed by atoms with Crippen molar-refractivity contribution in [3.63, 3.8) is 0 Å². The molecule has 4 heteroatoms. The van der Waals surface area contributed by atoms with Crippen molar-refractivity contribution < 1.29 is 4.39 Å². The fraction of sp³-hybridized carbons (Fsp3) is 0.400. The highest BCUT2D eigenvalue weighted by atomic mass is 32.1. The van der Waals surface area contributed by atoms with Gasteiger partial charge in [0.25, 0.3) is 0 Å². The molecule has 0 saturated carbocycles. The molecule has 2 aromatic rings. The van der Waals surface area contributed by atoms with E-state index in [-0.39, 0.29) is 11.9 Å². The Hall–Kier alpha value is -1.26. The van der Waals surface area contributed by atoms with Gasteiger partial charge in [0.1, 0.15) is 5.82 Å². The largest absolute Gasteiger partial charge is 0.305 e. The number of hydrogen-bond acceptors (Lipinski definition) is 3. The zero-order valence-corrected chi connectivity index (χ0v) is 12.6. The van der Waals surface area contributed by atoms with Gasteiger partial charge in [-0.2, -0.15) is 0 Å². The van der Waals surface area contributed by atoms with Crippen molar-refractivity contribution in [2.45, 2.75) is 40.3 Å². The third-order valence-electron chi connectivity index (χ3n) is 3.24. The van der Waals surface area contributed by atoms with Crippen LogP contribution in [0.4, 0.5) is 4.39 Å². The molecule has 0 amide bonds. The van der Waals surface area contributed by atoms with Gasteiger partial charge < -0.3 is 5.32 Å². The first-order valence-electron chi connectivity index (χ1n) is 6.39. The van der Waals surface area contributed by atoms with E-state index in [2.05, 4.69) is 17.2 Å². The molecule has 2 rings (SSSR count). The summed E-state index contributed by atoms with van der Waals surface area (Å²) in [5.74, 6) is -0.181. The second-order valence-electron chi connectivity index (χ2n) is 4.86. The van der Waals surface area contributed by atoms with Crippen LogP contribution >= 0.6 is 11.3 Å². The zero-order valence-electron chi connectivity index (χ0n) is 11.7. The molecule has 1 unspecified atom stereocenters. The average Bonchev–Trinajstić information content (AvgIpc) is 2.69. The minimum atomic E-state index is -0.181. The van der Waals surface area contributed by atoms with Gasteiger partial charge in [0.05, 0.1) is 10.7 Å². The van der Waals surface area contributed by atoms with Crippen LogP contribution in [0.5, 0.6) is 0 Å². The summed E-state index contributed by atoms with van der Waals surface area (Å²) in [6, 6.07) is 5.15. The second-order valence-corrected chi connectivity index (χ2v) is 6.09. The topological polar surface area (TPSA) is 24.9 Å². The Labute approximate surface area is 117 Å². The summed E-state index contributed by atoms with van der Waals surface area (Å²) in [4.78, 5) is 5.69. The van der Waals surface area contributed by atoms with Gasteiger partial charge in [-0.1, -0.05) is 6.07 Å². The highest BCUT2D eigenvalue weighted by Crippen LogP contribution is 2.24. The van der Waals surface area contributed by atoms with E-state index in [0.29, 0.717) is 6.54 Å². The van der Waals surface area contributed by atoms with Crippen molar-refractivity contribution >= 4 is 11.3 Å². The summed E-state index contributed by atoms with van der Waals surface area (Å²) in [7, 11) is 0.